The van der Waals surface area contributed by atoms with Crippen molar-refractivity contribution < 1.29 is 4.74 Å². The number of hydrogen-bond acceptors (Lipinski definition) is 2. The summed E-state index contributed by atoms with van der Waals surface area (Å²) in [5, 5.41) is 0. The Morgan fingerprint density at radius 3 is 2.80 bits per heavy atom. The zero-order chi connectivity index (χ0) is 10.6. The van der Waals surface area contributed by atoms with Crippen molar-refractivity contribution in [2.45, 2.75) is 12.5 Å². The lowest BCUT2D eigenvalue weighted by atomic mass is 10.0. The van der Waals surface area contributed by atoms with Crippen molar-refractivity contribution in [3.63, 3.8) is 0 Å². The molecule has 0 aromatic heterocycles. The summed E-state index contributed by atoms with van der Waals surface area (Å²) >= 11 is 3.38. The number of nitrogens with two attached hydrogens (primary N) is 1. The molecule has 0 saturated carbocycles. The van der Waals surface area contributed by atoms with Crippen molar-refractivity contribution >= 4 is 28.3 Å². The third kappa shape index (κ3) is 3.86. The molecule has 15 heavy (non-hydrogen) atoms. The SMILES string of the molecule is C=CC[C@H](N)c1ccc(Br)cc1OC.Cl. The van der Waals surface area contributed by atoms with Gasteiger partial charge in [0.05, 0.1) is 7.11 Å². The van der Waals surface area contributed by atoms with E-state index in [-0.39, 0.29) is 18.4 Å². The highest BCUT2D eigenvalue weighted by Crippen LogP contribution is 2.28. The molecule has 84 valence electrons. The predicted molar refractivity (Wildman–Crippen MR) is 69.7 cm³/mol. The molecule has 2 nitrogen and oxygen atoms in total. The largest absolute Gasteiger partial charge is 0.496 e. The normalized spacial score (nSPS) is 11.4. The van der Waals surface area contributed by atoms with Crippen molar-refractivity contribution in [1.82, 2.24) is 0 Å². The van der Waals surface area contributed by atoms with Gasteiger partial charge in [-0.25, -0.2) is 0 Å². The number of ether oxygens (including phenoxy) is 1. The number of methoxy groups -OCH3 is 1. The molecule has 0 bridgehead atoms. The van der Waals surface area contributed by atoms with Crippen LogP contribution in [0.4, 0.5) is 0 Å². The van der Waals surface area contributed by atoms with E-state index in [1.165, 1.54) is 0 Å². The Morgan fingerprint density at radius 1 is 1.60 bits per heavy atom. The van der Waals surface area contributed by atoms with Gasteiger partial charge in [-0.3, -0.25) is 0 Å². The van der Waals surface area contributed by atoms with E-state index < -0.39 is 0 Å². The van der Waals surface area contributed by atoms with E-state index in [1.807, 2.05) is 24.3 Å². The highest BCUT2D eigenvalue weighted by molar-refractivity contribution is 9.10. The maximum Gasteiger partial charge on any atom is 0.124 e. The van der Waals surface area contributed by atoms with E-state index in [1.54, 1.807) is 7.11 Å². The Bertz CT molecular complexity index is 330. The fourth-order valence-electron chi connectivity index (χ4n) is 1.30. The maximum atomic E-state index is 5.97. The van der Waals surface area contributed by atoms with E-state index in [9.17, 15) is 0 Å². The van der Waals surface area contributed by atoms with Crippen LogP contribution in [0.25, 0.3) is 0 Å². The van der Waals surface area contributed by atoms with Crippen LogP contribution in [-0.2, 0) is 0 Å². The van der Waals surface area contributed by atoms with Crippen molar-refractivity contribution in [3.8, 4) is 5.75 Å². The Kier molecular flexibility index (Phi) is 6.65. The van der Waals surface area contributed by atoms with Crippen molar-refractivity contribution in [3.05, 3.63) is 40.9 Å². The monoisotopic (exact) mass is 291 g/mol. The molecule has 1 atom stereocenters. The first-order valence-corrected chi connectivity index (χ1v) is 5.18. The number of benzene rings is 1. The average Bonchev–Trinajstić information content (AvgIpc) is 2.17. The smallest absolute Gasteiger partial charge is 0.124 e. The van der Waals surface area contributed by atoms with Crippen LogP contribution in [0, 0.1) is 0 Å². The Balaban J connectivity index is 0.00000196. The van der Waals surface area contributed by atoms with Gasteiger partial charge in [0.25, 0.3) is 0 Å². The van der Waals surface area contributed by atoms with E-state index in [4.69, 9.17) is 10.5 Å². The van der Waals surface area contributed by atoms with E-state index in [0.29, 0.717) is 0 Å². The second-order valence-electron chi connectivity index (χ2n) is 3.02. The predicted octanol–water partition coefficient (Wildman–Crippen LogP) is 3.46. The molecule has 0 aliphatic rings. The van der Waals surface area contributed by atoms with Crippen LogP contribution in [0.5, 0.6) is 5.75 Å². The maximum absolute atomic E-state index is 5.97. The van der Waals surface area contributed by atoms with Gasteiger partial charge in [0.1, 0.15) is 5.75 Å². The minimum atomic E-state index is -0.0458. The molecule has 1 aromatic rings. The summed E-state index contributed by atoms with van der Waals surface area (Å²) in [5.41, 5.74) is 6.98. The quantitative estimate of drug-likeness (QED) is 0.863. The third-order valence-corrected chi connectivity index (χ3v) is 2.51. The molecule has 0 aliphatic carbocycles. The summed E-state index contributed by atoms with van der Waals surface area (Å²) < 4.78 is 6.24. The molecule has 0 heterocycles. The summed E-state index contributed by atoms with van der Waals surface area (Å²) in [5.74, 6) is 0.814. The van der Waals surface area contributed by atoms with Crippen LogP contribution in [-0.4, -0.2) is 7.11 Å². The Hall–Kier alpha value is -0.510. The van der Waals surface area contributed by atoms with Gasteiger partial charge in [-0.15, -0.1) is 19.0 Å². The summed E-state index contributed by atoms with van der Waals surface area (Å²) in [6.45, 7) is 3.67. The molecule has 0 amide bonds. The van der Waals surface area contributed by atoms with Gasteiger partial charge in [0.15, 0.2) is 0 Å². The molecule has 1 aromatic carbocycles. The van der Waals surface area contributed by atoms with Crippen molar-refractivity contribution in [2.24, 2.45) is 5.73 Å². The third-order valence-electron chi connectivity index (χ3n) is 2.02. The highest BCUT2D eigenvalue weighted by Gasteiger charge is 2.10. The van der Waals surface area contributed by atoms with Gasteiger partial charge in [0.2, 0.25) is 0 Å². The van der Waals surface area contributed by atoms with Crippen molar-refractivity contribution in [2.75, 3.05) is 7.11 Å². The minimum Gasteiger partial charge on any atom is -0.496 e. The fraction of sp³-hybridized carbons (Fsp3) is 0.273. The zero-order valence-electron chi connectivity index (χ0n) is 8.57. The van der Waals surface area contributed by atoms with Crippen LogP contribution in [0.15, 0.2) is 35.3 Å². The molecule has 0 radical (unpaired) electrons. The van der Waals surface area contributed by atoms with E-state index >= 15 is 0 Å². The molecule has 0 saturated heterocycles. The number of rotatable bonds is 4. The summed E-state index contributed by atoms with van der Waals surface area (Å²) in [7, 11) is 1.64. The molecular weight excluding hydrogens is 277 g/mol. The first-order valence-electron chi connectivity index (χ1n) is 4.39. The lowest BCUT2D eigenvalue weighted by Gasteiger charge is -2.14. The van der Waals surface area contributed by atoms with Crippen LogP contribution in [0.1, 0.15) is 18.0 Å². The second kappa shape index (κ2) is 6.88. The molecule has 0 fully saturated rings. The van der Waals surface area contributed by atoms with Crippen LogP contribution >= 0.6 is 28.3 Å². The van der Waals surface area contributed by atoms with Gasteiger partial charge < -0.3 is 10.5 Å². The average molecular weight is 293 g/mol. The first kappa shape index (κ1) is 14.5. The van der Waals surface area contributed by atoms with E-state index in [2.05, 4.69) is 22.5 Å². The lowest BCUT2D eigenvalue weighted by molar-refractivity contribution is 0.405. The van der Waals surface area contributed by atoms with Gasteiger partial charge in [-0.1, -0.05) is 28.1 Å². The highest BCUT2D eigenvalue weighted by atomic mass is 79.9. The van der Waals surface area contributed by atoms with E-state index in [0.717, 1.165) is 22.2 Å². The summed E-state index contributed by atoms with van der Waals surface area (Å²) in [6.07, 6.45) is 2.56. The lowest BCUT2D eigenvalue weighted by Crippen LogP contribution is -2.10. The van der Waals surface area contributed by atoms with Gasteiger partial charge in [-0.05, 0) is 18.6 Å². The standard InChI is InChI=1S/C11H14BrNO.ClH/c1-3-4-10(13)9-6-5-8(12)7-11(9)14-2;/h3,5-7,10H,1,4,13H2,2H3;1H/t10-;/m0./s1. The van der Waals surface area contributed by atoms with Crippen molar-refractivity contribution in [1.29, 1.82) is 0 Å². The topological polar surface area (TPSA) is 35.2 Å². The molecule has 0 aliphatic heterocycles. The Morgan fingerprint density at radius 2 is 2.27 bits per heavy atom. The van der Waals surface area contributed by atoms with Crippen LogP contribution in [0.2, 0.25) is 0 Å². The Labute approximate surface area is 105 Å². The number of hydrogen-bond donors (Lipinski definition) is 1. The fourth-order valence-corrected chi connectivity index (χ4v) is 1.64. The molecule has 0 unspecified atom stereocenters. The summed E-state index contributed by atoms with van der Waals surface area (Å²) in [6, 6.07) is 5.80. The van der Waals surface area contributed by atoms with Gasteiger partial charge in [0, 0.05) is 16.1 Å². The molecule has 0 spiro atoms. The van der Waals surface area contributed by atoms with Crippen LogP contribution < -0.4 is 10.5 Å². The molecule has 4 heteroatoms. The second-order valence-corrected chi connectivity index (χ2v) is 3.93. The molecular formula is C11H15BrClNO. The first-order chi connectivity index (χ1) is 6.69. The molecule has 1 rings (SSSR count). The minimum absolute atomic E-state index is 0. The molecule has 2 N–H and O–H groups in total. The zero-order valence-corrected chi connectivity index (χ0v) is 11.0. The van der Waals surface area contributed by atoms with Gasteiger partial charge >= 0.3 is 0 Å². The summed E-state index contributed by atoms with van der Waals surface area (Å²) in [4.78, 5) is 0. The van der Waals surface area contributed by atoms with Gasteiger partial charge in [-0.2, -0.15) is 0 Å². The number of halogens is 2. The van der Waals surface area contributed by atoms with Crippen LogP contribution in [0.3, 0.4) is 0 Å².